The lowest BCUT2D eigenvalue weighted by Gasteiger charge is -2.13. The molecule has 0 atom stereocenters. The van der Waals surface area contributed by atoms with E-state index in [0.29, 0.717) is 0 Å². The Balaban J connectivity index is 2.16. The van der Waals surface area contributed by atoms with Gasteiger partial charge in [0.05, 0.1) is 23.9 Å². The van der Waals surface area contributed by atoms with Crippen molar-refractivity contribution in [1.82, 2.24) is 10.3 Å². The maximum Gasteiger partial charge on any atom is 0.0982 e. The molecular formula is C14H24N2OS. The van der Waals surface area contributed by atoms with E-state index in [9.17, 15) is 0 Å². The van der Waals surface area contributed by atoms with Gasteiger partial charge in [-0.15, -0.1) is 17.9 Å². The van der Waals surface area contributed by atoms with Crippen LogP contribution < -0.4 is 5.32 Å². The molecular weight excluding hydrogens is 244 g/mol. The van der Waals surface area contributed by atoms with Crippen LogP contribution in [0.25, 0.3) is 0 Å². The Morgan fingerprint density at radius 3 is 2.83 bits per heavy atom. The maximum atomic E-state index is 5.42. The normalized spacial score (nSPS) is 11.7. The van der Waals surface area contributed by atoms with Crippen molar-refractivity contribution in [2.75, 3.05) is 19.8 Å². The molecule has 0 amide bonds. The van der Waals surface area contributed by atoms with Gasteiger partial charge in [0.25, 0.3) is 0 Å². The van der Waals surface area contributed by atoms with Crippen molar-refractivity contribution in [2.45, 2.75) is 39.2 Å². The monoisotopic (exact) mass is 268 g/mol. The fourth-order valence-electron chi connectivity index (χ4n) is 1.36. The van der Waals surface area contributed by atoms with Crippen LogP contribution in [0.5, 0.6) is 0 Å². The summed E-state index contributed by atoms with van der Waals surface area (Å²) in [6.45, 7) is 13.4. The zero-order valence-corrected chi connectivity index (χ0v) is 12.5. The van der Waals surface area contributed by atoms with Gasteiger partial charge in [0.1, 0.15) is 0 Å². The molecule has 0 radical (unpaired) electrons. The summed E-state index contributed by atoms with van der Waals surface area (Å²) in [6, 6.07) is 0. The van der Waals surface area contributed by atoms with Crippen LogP contribution in [0.4, 0.5) is 0 Å². The summed E-state index contributed by atoms with van der Waals surface area (Å²) in [7, 11) is 0. The fourth-order valence-corrected chi connectivity index (χ4v) is 2.27. The molecule has 0 aliphatic heterocycles. The molecule has 0 unspecified atom stereocenters. The lowest BCUT2D eigenvalue weighted by molar-refractivity contribution is 0.140. The van der Waals surface area contributed by atoms with Gasteiger partial charge in [0, 0.05) is 23.9 Å². The standard InChI is InChI=1S/C14H24N2OS/c1-5-6-8-17-9-7-15-10-12-11-18-13(16-12)14(2,3)4/h5,11,15H,1,6-10H2,2-4H3. The lowest BCUT2D eigenvalue weighted by Crippen LogP contribution is -2.20. The zero-order valence-electron chi connectivity index (χ0n) is 11.7. The number of hydrogen-bond acceptors (Lipinski definition) is 4. The molecule has 4 heteroatoms. The van der Waals surface area contributed by atoms with Gasteiger partial charge in [0.15, 0.2) is 0 Å². The molecule has 0 saturated carbocycles. The van der Waals surface area contributed by atoms with E-state index in [2.05, 4.69) is 43.0 Å². The second kappa shape index (κ2) is 7.67. The summed E-state index contributed by atoms with van der Waals surface area (Å²) in [6.07, 6.45) is 2.79. The minimum Gasteiger partial charge on any atom is -0.380 e. The van der Waals surface area contributed by atoms with E-state index < -0.39 is 0 Å². The number of ether oxygens (including phenoxy) is 1. The van der Waals surface area contributed by atoms with Crippen LogP contribution in [0.3, 0.4) is 0 Å². The van der Waals surface area contributed by atoms with Crippen molar-refractivity contribution in [3.8, 4) is 0 Å². The first-order chi connectivity index (χ1) is 8.54. The van der Waals surface area contributed by atoms with Crippen LogP contribution in [-0.2, 0) is 16.7 Å². The van der Waals surface area contributed by atoms with Crippen molar-refractivity contribution < 1.29 is 4.74 Å². The summed E-state index contributed by atoms with van der Waals surface area (Å²) in [5.74, 6) is 0. The molecule has 0 aliphatic carbocycles. The number of hydrogen-bond donors (Lipinski definition) is 1. The predicted molar refractivity (Wildman–Crippen MR) is 78.2 cm³/mol. The molecule has 18 heavy (non-hydrogen) atoms. The molecule has 1 aromatic heterocycles. The van der Waals surface area contributed by atoms with Gasteiger partial charge in [-0.1, -0.05) is 26.8 Å². The summed E-state index contributed by atoms with van der Waals surface area (Å²) < 4.78 is 5.42. The molecule has 0 spiro atoms. The number of rotatable bonds is 8. The number of nitrogens with one attached hydrogen (secondary N) is 1. The molecule has 1 heterocycles. The van der Waals surface area contributed by atoms with E-state index in [0.717, 1.165) is 38.4 Å². The Hall–Kier alpha value is -0.710. The van der Waals surface area contributed by atoms with Crippen LogP contribution in [0.2, 0.25) is 0 Å². The number of aromatic nitrogens is 1. The molecule has 0 aliphatic rings. The highest BCUT2D eigenvalue weighted by Crippen LogP contribution is 2.25. The average Bonchev–Trinajstić information content (AvgIpc) is 2.76. The van der Waals surface area contributed by atoms with E-state index >= 15 is 0 Å². The highest BCUT2D eigenvalue weighted by molar-refractivity contribution is 7.09. The predicted octanol–water partition coefficient (Wildman–Crippen LogP) is 3.12. The molecule has 1 rings (SSSR count). The summed E-state index contributed by atoms with van der Waals surface area (Å²) in [4.78, 5) is 4.63. The van der Waals surface area contributed by atoms with Crippen molar-refractivity contribution in [3.63, 3.8) is 0 Å². The largest absolute Gasteiger partial charge is 0.380 e. The third-order valence-electron chi connectivity index (χ3n) is 2.39. The number of nitrogens with zero attached hydrogens (tertiary/aromatic N) is 1. The van der Waals surface area contributed by atoms with Gasteiger partial charge in [-0.05, 0) is 6.42 Å². The van der Waals surface area contributed by atoms with Crippen LogP contribution in [0.15, 0.2) is 18.0 Å². The Morgan fingerprint density at radius 1 is 1.44 bits per heavy atom. The minimum atomic E-state index is 0.150. The second-order valence-electron chi connectivity index (χ2n) is 5.26. The molecule has 102 valence electrons. The topological polar surface area (TPSA) is 34.1 Å². The first kappa shape index (κ1) is 15.3. The molecule has 1 N–H and O–H groups in total. The molecule has 0 saturated heterocycles. The van der Waals surface area contributed by atoms with E-state index in [1.807, 2.05) is 6.08 Å². The fraction of sp³-hybridized carbons (Fsp3) is 0.643. The minimum absolute atomic E-state index is 0.150. The van der Waals surface area contributed by atoms with Gasteiger partial charge in [-0.2, -0.15) is 0 Å². The van der Waals surface area contributed by atoms with Crippen molar-refractivity contribution in [1.29, 1.82) is 0 Å². The molecule has 0 aromatic carbocycles. The molecule has 0 bridgehead atoms. The summed E-state index contributed by atoms with van der Waals surface area (Å²) >= 11 is 1.74. The van der Waals surface area contributed by atoms with Crippen molar-refractivity contribution in [3.05, 3.63) is 28.7 Å². The highest BCUT2D eigenvalue weighted by atomic mass is 32.1. The quantitative estimate of drug-likeness (QED) is 0.581. The van der Waals surface area contributed by atoms with E-state index in [1.165, 1.54) is 5.01 Å². The summed E-state index contributed by atoms with van der Waals surface area (Å²) in [5, 5.41) is 6.66. The van der Waals surface area contributed by atoms with Crippen LogP contribution in [-0.4, -0.2) is 24.7 Å². The van der Waals surface area contributed by atoms with Crippen molar-refractivity contribution in [2.24, 2.45) is 0 Å². The van der Waals surface area contributed by atoms with Crippen LogP contribution in [0, 0.1) is 0 Å². The Bertz CT molecular complexity index is 355. The van der Waals surface area contributed by atoms with Gasteiger partial charge >= 0.3 is 0 Å². The van der Waals surface area contributed by atoms with Crippen LogP contribution >= 0.6 is 11.3 Å². The first-order valence-corrected chi connectivity index (χ1v) is 7.26. The van der Waals surface area contributed by atoms with E-state index in [-0.39, 0.29) is 5.41 Å². The smallest absolute Gasteiger partial charge is 0.0982 e. The molecule has 1 aromatic rings. The maximum absolute atomic E-state index is 5.42. The lowest BCUT2D eigenvalue weighted by atomic mass is 9.98. The second-order valence-corrected chi connectivity index (χ2v) is 6.12. The number of thiazole rings is 1. The van der Waals surface area contributed by atoms with Gasteiger partial charge in [0.2, 0.25) is 0 Å². The summed E-state index contributed by atoms with van der Waals surface area (Å²) in [5.41, 5.74) is 1.27. The third kappa shape index (κ3) is 5.76. The van der Waals surface area contributed by atoms with Crippen molar-refractivity contribution >= 4 is 11.3 Å². The third-order valence-corrected chi connectivity index (χ3v) is 3.71. The van der Waals surface area contributed by atoms with Gasteiger partial charge in [-0.3, -0.25) is 0 Å². The Morgan fingerprint density at radius 2 is 2.22 bits per heavy atom. The highest BCUT2D eigenvalue weighted by Gasteiger charge is 2.17. The zero-order chi connectivity index (χ0) is 13.4. The van der Waals surface area contributed by atoms with Gasteiger partial charge in [-0.25, -0.2) is 4.98 Å². The Kier molecular flexibility index (Phi) is 6.54. The average molecular weight is 268 g/mol. The molecule has 0 fully saturated rings. The first-order valence-electron chi connectivity index (χ1n) is 6.38. The van der Waals surface area contributed by atoms with Gasteiger partial charge < -0.3 is 10.1 Å². The van der Waals surface area contributed by atoms with E-state index in [1.54, 1.807) is 11.3 Å². The SMILES string of the molecule is C=CCCOCCNCc1csc(C(C)(C)C)n1. The van der Waals surface area contributed by atoms with Crippen LogP contribution in [0.1, 0.15) is 37.9 Å². The molecule has 3 nitrogen and oxygen atoms in total. The van der Waals surface area contributed by atoms with E-state index in [4.69, 9.17) is 4.74 Å². The Labute approximate surface area is 114 Å².